The lowest BCUT2D eigenvalue weighted by molar-refractivity contribution is -0.385. The maximum absolute atomic E-state index is 14.0. The van der Waals surface area contributed by atoms with Gasteiger partial charge in [0.2, 0.25) is 15.9 Å². The summed E-state index contributed by atoms with van der Waals surface area (Å²) in [5.74, 6) is -2.33. The molecule has 1 aliphatic heterocycles. The van der Waals surface area contributed by atoms with Crippen molar-refractivity contribution in [2.24, 2.45) is 0 Å². The molecule has 44 heavy (non-hydrogen) atoms. The third-order valence-electron chi connectivity index (χ3n) is 6.80. The summed E-state index contributed by atoms with van der Waals surface area (Å²) in [7, 11) is -4.31. The molecule has 3 amide bonds. The van der Waals surface area contributed by atoms with Crippen molar-refractivity contribution in [1.82, 2.24) is 9.62 Å². The smallest absolute Gasteiger partial charge is 0.328 e. The van der Waals surface area contributed by atoms with Crippen molar-refractivity contribution < 1.29 is 37.8 Å². The highest BCUT2D eigenvalue weighted by molar-refractivity contribution is 7.89. The van der Waals surface area contributed by atoms with E-state index in [0.29, 0.717) is 6.42 Å². The Bertz CT molecular complexity index is 1670. The standard InChI is InChI=1S/C27H26N6O10S/c34-25(23-7-4-16-30(23)44(42,43)22-14-12-21(13-15-22)33(40)41)31(19-5-2-1-3-6-19)24(26(35)36)17-28-27(37)29-18-8-10-20(11-9-18)32(38)39/h1-3,5-6,8-15,23-24H,4,7,16-17H2,(H,35,36)(H2,28,29,37). The van der Waals surface area contributed by atoms with Crippen LogP contribution in [0.4, 0.5) is 27.5 Å². The highest BCUT2D eigenvalue weighted by atomic mass is 32.2. The normalized spacial score (nSPS) is 15.6. The molecule has 3 aromatic rings. The van der Waals surface area contributed by atoms with E-state index < -0.39 is 56.4 Å². The second kappa shape index (κ2) is 13.3. The number of sulfonamides is 1. The third kappa shape index (κ3) is 6.96. The molecule has 17 heteroatoms. The lowest BCUT2D eigenvalue weighted by atomic mass is 10.1. The van der Waals surface area contributed by atoms with E-state index in [1.165, 1.54) is 36.4 Å². The summed E-state index contributed by atoms with van der Waals surface area (Å²) >= 11 is 0. The number of hydrogen-bond donors (Lipinski definition) is 3. The van der Waals surface area contributed by atoms with Crippen molar-refractivity contribution >= 4 is 50.7 Å². The fraction of sp³-hybridized carbons (Fsp3) is 0.222. The number of nitro groups is 2. The molecule has 2 unspecified atom stereocenters. The van der Waals surface area contributed by atoms with Gasteiger partial charge in [-0.25, -0.2) is 18.0 Å². The van der Waals surface area contributed by atoms with Crippen LogP contribution in [0.25, 0.3) is 0 Å². The molecule has 1 heterocycles. The molecule has 0 saturated carbocycles. The Labute approximate surface area is 250 Å². The van der Waals surface area contributed by atoms with E-state index >= 15 is 0 Å². The van der Waals surface area contributed by atoms with E-state index in [1.54, 1.807) is 18.2 Å². The maximum Gasteiger partial charge on any atom is 0.328 e. The summed E-state index contributed by atoms with van der Waals surface area (Å²) < 4.78 is 28.0. The van der Waals surface area contributed by atoms with Crippen LogP contribution in [0.2, 0.25) is 0 Å². The van der Waals surface area contributed by atoms with Crippen LogP contribution in [-0.2, 0) is 19.6 Å². The Balaban J connectivity index is 1.58. The van der Waals surface area contributed by atoms with Crippen LogP contribution < -0.4 is 15.5 Å². The molecule has 0 radical (unpaired) electrons. The number of benzene rings is 3. The monoisotopic (exact) mass is 626 g/mol. The first kappa shape index (κ1) is 31.5. The molecule has 0 aliphatic carbocycles. The average Bonchev–Trinajstić information content (AvgIpc) is 3.51. The van der Waals surface area contributed by atoms with Crippen LogP contribution in [-0.4, -0.2) is 70.8 Å². The number of para-hydroxylation sites is 1. The van der Waals surface area contributed by atoms with E-state index in [-0.39, 0.29) is 40.6 Å². The zero-order valence-electron chi connectivity index (χ0n) is 22.8. The lowest BCUT2D eigenvalue weighted by Gasteiger charge is -2.33. The second-order valence-corrected chi connectivity index (χ2v) is 11.5. The van der Waals surface area contributed by atoms with Gasteiger partial charge in [0.25, 0.3) is 11.4 Å². The molecule has 1 saturated heterocycles. The van der Waals surface area contributed by atoms with Gasteiger partial charge >= 0.3 is 12.0 Å². The van der Waals surface area contributed by atoms with Crippen LogP contribution in [0.1, 0.15) is 12.8 Å². The van der Waals surface area contributed by atoms with Gasteiger partial charge in [-0.15, -0.1) is 0 Å². The van der Waals surface area contributed by atoms with E-state index in [0.717, 1.165) is 33.5 Å². The van der Waals surface area contributed by atoms with Gasteiger partial charge in [0.1, 0.15) is 6.04 Å². The molecule has 4 rings (SSSR count). The van der Waals surface area contributed by atoms with Crippen LogP contribution >= 0.6 is 0 Å². The minimum Gasteiger partial charge on any atom is -0.480 e. The molecule has 0 spiro atoms. The predicted octanol–water partition coefficient (Wildman–Crippen LogP) is 2.96. The second-order valence-electron chi connectivity index (χ2n) is 9.56. The number of non-ortho nitro benzene ring substituents is 2. The van der Waals surface area contributed by atoms with Crippen LogP contribution in [0, 0.1) is 20.2 Å². The molecule has 1 fully saturated rings. The number of carboxylic acid groups (broad SMARTS) is 1. The van der Waals surface area contributed by atoms with Crippen molar-refractivity contribution in [2.75, 3.05) is 23.3 Å². The SMILES string of the molecule is O=C(NCC(C(=O)O)N(C(=O)C1CCCN1S(=O)(=O)c1ccc([N+](=O)[O-])cc1)c1ccccc1)Nc1ccc([N+](=O)[O-])cc1. The maximum atomic E-state index is 14.0. The largest absolute Gasteiger partial charge is 0.480 e. The van der Waals surface area contributed by atoms with Crippen molar-refractivity contribution in [3.8, 4) is 0 Å². The van der Waals surface area contributed by atoms with Crippen molar-refractivity contribution in [3.63, 3.8) is 0 Å². The predicted molar refractivity (Wildman–Crippen MR) is 155 cm³/mol. The topological polar surface area (TPSA) is 222 Å². The number of urea groups is 1. The first-order chi connectivity index (χ1) is 20.9. The van der Waals surface area contributed by atoms with Crippen LogP contribution in [0.3, 0.4) is 0 Å². The first-order valence-corrected chi connectivity index (χ1v) is 14.5. The van der Waals surface area contributed by atoms with Gasteiger partial charge in [-0.05, 0) is 49.2 Å². The number of nitro benzene ring substituents is 2. The summed E-state index contributed by atoms with van der Waals surface area (Å²) in [6, 6.07) is 13.0. The molecule has 2 atom stereocenters. The number of carbonyl (C=O) groups is 3. The minimum absolute atomic E-state index is 0.0496. The number of nitrogens with zero attached hydrogens (tertiary/aromatic N) is 4. The Morgan fingerprint density at radius 2 is 1.50 bits per heavy atom. The quantitative estimate of drug-likeness (QED) is 0.208. The Morgan fingerprint density at radius 1 is 0.932 bits per heavy atom. The van der Waals surface area contributed by atoms with Gasteiger partial charge in [0, 0.05) is 42.2 Å². The first-order valence-electron chi connectivity index (χ1n) is 13.1. The van der Waals surface area contributed by atoms with Crippen molar-refractivity contribution in [1.29, 1.82) is 0 Å². The van der Waals surface area contributed by atoms with E-state index in [1.807, 2.05) is 0 Å². The van der Waals surface area contributed by atoms with Crippen LogP contribution in [0.15, 0.2) is 83.8 Å². The number of rotatable bonds is 11. The molecular weight excluding hydrogens is 600 g/mol. The highest BCUT2D eigenvalue weighted by Crippen LogP contribution is 2.30. The highest BCUT2D eigenvalue weighted by Gasteiger charge is 2.44. The average molecular weight is 627 g/mol. The lowest BCUT2D eigenvalue weighted by Crippen LogP contribution is -2.57. The zero-order valence-corrected chi connectivity index (χ0v) is 23.6. The van der Waals surface area contributed by atoms with Gasteiger partial charge in [-0.2, -0.15) is 4.31 Å². The summed E-state index contributed by atoms with van der Waals surface area (Å²) in [5, 5.41) is 36.8. The molecule has 0 bridgehead atoms. The van der Waals surface area contributed by atoms with Gasteiger partial charge in [0.15, 0.2) is 6.04 Å². The molecule has 3 N–H and O–H groups in total. The van der Waals surface area contributed by atoms with Crippen molar-refractivity contribution in [3.05, 3.63) is 99.1 Å². The zero-order chi connectivity index (χ0) is 32.0. The fourth-order valence-corrected chi connectivity index (χ4v) is 6.33. The molecule has 230 valence electrons. The molecule has 1 aliphatic rings. The number of anilines is 2. The molecular formula is C27H26N6O10S. The van der Waals surface area contributed by atoms with Crippen LogP contribution in [0.5, 0.6) is 0 Å². The van der Waals surface area contributed by atoms with Crippen molar-refractivity contribution in [2.45, 2.75) is 29.8 Å². The number of amides is 3. The van der Waals surface area contributed by atoms with Gasteiger partial charge < -0.3 is 15.7 Å². The van der Waals surface area contributed by atoms with E-state index in [4.69, 9.17) is 0 Å². The number of nitrogens with one attached hydrogen (secondary N) is 2. The van der Waals surface area contributed by atoms with Gasteiger partial charge in [-0.1, -0.05) is 18.2 Å². The third-order valence-corrected chi connectivity index (χ3v) is 8.73. The summed E-state index contributed by atoms with van der Waals surface area (Å²) in [6.45, 7) is -0.636. The van der Waals surface area contributed by atoms with E-state index in [2.05, 4.69) is 10.6 Å². The molecule has 3 aromatic carbocycles. The minimum atomic E-state index is -4.31. The molecule has 16 nitrogen and oxygen atoms in total. The summed E-state index contributed by atoms with van der Waals surface area (Å²) in [4.78, 5) is 60.3. The van der Waals surface area contributed by atoms with Gasteiger partial charge in [-0.3, -0.25) is 29.9 Å². The summed E-state index contributed by atoms with van der Waals surface area (Å²) in [6.07, 6.45) is 0.369. The molecule has 0 aromatic heterocycles. The number of carboxylic acids is 1. The Hall–Kier alpha value is -5.42. The number of hydrogen-bond acceptors (Lipinski definition) is 9. The Morgan fingerprint density at radius 3 is 2.05 bits per heavy atom. The Kier molecular flexibility index (Phi) is 9.50. The number of aliphatic carboxylic acids is 1. The summed E-state index contributed by atoms with van der Waals surface area (Å²) in [5.41, 5.74) is -0.186. The fourth-order valence-electron chi connectivity index (χ4n) is 4.68. The van der Waals surface area contributed by atoms with E-state index in [9.17, 15) is 48.1 Å². The number of carbonyl (C=O) groups excluding carboxylic acids is 2. The van der Waals surface area contributed by atoms with Gasteiger partial charge in [0.05, 0.1) is 21.3 Å².